The molecule has 1 amide bonds. The van der Waals surface area contributed by atoms with E-state index in [1.165, 1.54) is 6.20 Å². The van der Waals surface area contributed by atoms with Crippen LogP contribution in [0.1, 0.15) is 44.7 Å². The first-order valence-electron chi connectivity index (χ1n) is 7.63. The number of carbonyl (C=O) groups is 1. The van der Waals surface area contributed by atoms with Gasteiger partial charge >= 0.3 is 6.09 Å². The molecule has 6 heteroatoms. The first kappa shape index (κ1) is 15.1. The fraction of sp³-hybridized carbons (Fsp3) is 0.625. The Balaban J connectivity index is 1.71. The average molecular weight is 306 g/mol. The molecule has 3 rings (SSSR count). The molecule has 0 bridgehead atoms. The van der Waals surface area contributed by atoms with E-state index in [1.807, 2.05) is 26.8 Å². The van der Waals surface area contributed by atoms with Crippen LogP contribution in [0.3, 0.4) is 0 Å². The highest BCUT2D eigenvalue weighted by atomic mass is 16.6. The van der Waals surface area contributed by atoms with Crippen molar-refractivity contribution in [2.45, 2.75) is 51.4 Å². The summed E-state index contributed by atoms with van der Waals surface area (Å²) in [6.07, 6.45) is 4.18. The second-order valence-electron chi connectivity index (χ2n) is 6.99. The first-order valence-corrected chi connectivity index (χ1v) is 7.63. The molecule has 6 nitrogen and oxygen atoms in total. The van der Waals surface area contributed by atoms with Gasteiger partial charge in [-0.05, 0) is 39.2 Å². The van der Waals surface area contributed by atoms with E-state index in [0.29, 0.717) is 32.5 Å². The van der Waals surface area contributed by atoms with Gasteiger partial charge in [0.2, 0.25) is 0 Å². The second-order valence-corrected chi connectivity index (χ2v) is 6.99. The number of fused-ring (bicyclic) bond motifs is 2. The van der Waals surface area contributed by atoms with Gasteiger partial charge in [-0.3, -0.25) is 0 Å². The van der Waals surface area contributed by atoms with E-state index < -0.39 is 11.2 Å². The quantitative estimate of drug-likeness (QED) is 0.544. The molecule has 22 heavy (non-hydrogen) atoms. The van der Waals surface area contributed by atoms with Crippen LogP contribution >= 0.6 is 0 Å². The van der Waals surface area contributed by atoms with Crippen LogP contribution in [-0.4, -0.2) is 29.7 Å². The van der Waals surface area contributed by atoms with Crippen molar-refractivity contribution in [3.05, 3.63) is 34.8 Å². The Hall–Kier alpha value is -1.82. The minimum atomic E-state index is -0.489. The minimum absolute atomic E-state index is 0.285. The number of pyridine rings is 1. The Labute approximate surface area is 130 Å². The van der Waals surface area contributed by atoms with Crippen LogP contribution in [0.25, 0.3) is 0 Å². The number of hydrogen-bond acceptors (Lipinski definition) is 4. The summed E-state index contributed by atoms with van der Waals surface area (Å²) in [5.74, 6) is 0. The van der Waals surface area contributed by atoms with Crippen LogP contribution in [0.15, 0.2) is 18.5 Å². The lowest BCUT2D eigenvalue weighted by Gasteiger charge is -2.39. The molecule has 0 N–H and O–H groups in total. The van der Waals surface area contributed by atoms with Crippen molar-refractivity contribution in [2.75, 3.05) is 13.1 Å². The van der Waals surface area contributed by atoms with Gasteiger partial charge in [-0.2, -0.15) is 4.73 Å². The van der Waals surface area contributed by atoms with Crippen molar-refractivity contribution >= 4 is 6.09 Å². The third-order valence-corrected chi connectivity index (χ3v) is 4.24. The number of aromatic nitrogens is 1. The smallest absolute Gasteiger partial charge is 0.410 e. The molecule has 0 aliphatic carbocycles. The number of likely N-dealkylation sites (tertiary alicyclic amines) is 1. The summed E-state index contributed by atoms with van der Waals surface area (Å²) >= 11 is 0. The predicted octanol–water partition coefficient (Wildman–Crippen LogP) is 2.08. The monoisotopic (exact) mass is 306 g/mol. The Morgan fingerprint density at radius 2 is 2.09 bits per heavy atom. The molecular weight excluding hydrogens is 284 g/mol. The van der Waals surface area contributed by atoms with E-state index in [4.69, 9.17) is 9.47 Å². The molecule has 0 unspecified atom stereocenters. The maximum atomic E-state index is 12.1. The predicted molar refractivity (Wildman–Crippen MR) is 78.9 cm³/mol. The standard InChI is InChI=1S/C16H22N2O4/c1-15(2,3)22-14(19)17-8-5-16(6-9-17)13-10-18(20)7-4-12(13)11-21-16/h4,7,10H,5-6,8-9,11H2,1-3H3. The van der Waals surface area contributed by atoms with Gasteiger partial charge in [-0.25, -0.2) is 4.79 Å². The highest BCUT2D eigenvalue weighted by Crippen LogP contribution is 2.43. The zero-order valence-electron chi connectivity index (χ0n) is 13.3. The third-order valence-electron chi connectivity index (χ3n) is 4.24. The Kier molecular flexibility index (Phi) is 3.51. The van der Waals surface area contributed by atoms with Crippen molar-refractivity contribution in [3.63, 3.8) is 0 Å². The molecule has 1 aromatic heterocycles. The van der Waals surface area contributed by atoms with Crippen molar-refractivity contribution in [3.8, 4) is 0 Å². The molecule has 1 fully saturated rings. The number of piperidine rings is 1. The van der Waals surface area contributed by atoms with Gasteiger partial charge in [-0.15, -0.1) is 0 Å². The Bertz CT molecular complexity index is 586. The number of amides is 1. The zero-order chi connectivity index (χ0) is 16.0. The van der Waals surface area contributed by atoms with Crippen LogP contribution in [0.5, 0.6) is 0 Å². The fourth-order valence-corrected chi connectivity index (χ4v) is 3.13. The molecule has 1 saturated heterocycles. The van der Waals surface area contributed by atoms with Crippen LogP contribution < -0.4 is 4.73 Å². The second kappa shape index (κ2) is 5.12. The first-order chi connectivity index (χ1) is 10.3. The van der Waals surface area contributed by atoms with Crippen LogP contribution in [0, 0.1) is 5.21 Å². The Morgan fingerprint density at radius 1 is 1.41 bits per heavy atom. The zero-order valence-corrected chi connectivity index (χ0v) is 13.3. The van der Waals surface area contributed by atoms with Gasteiger partial charge in [0.1, 0.15) is 11.2 Å². The van der Waals surface area contributed by atoms with Crippen molar-refractivity contribution in [1.82, 2.24) is 4.90 Å². The van der Waals surface area contributed by atoms with Gasteiger partial charge in [0.25, 0.3) is 0 Å². The fourth-order valence-electron chi connectivity index (χ4n) is 3.13. The Morgan fingerprint density at radius 3 is 2.73 bits per heavy atom. The van der Waals surface area contributed by atoms with Crippen LogP contribution in [-0.2, 0) is 21.7 Å². The number of ether oxygens (including phenoxy) is 2. The summed E-state index contributed by atoms with van der Waals surface area (Å²) in [5.41, 5.74) is 1.12. The molecule has 1 spiro atoms. The third kappa shape index (κ3) is 2.75. The highest BCUT2D eigenvalue weighted by molar-refractivity contribution is 5.68. The summed E-state index contributed by atoms with van der Waals surface area (Å²) in [7, 11) is 0. The summed E-state index contributed by atoms with van der Waals surface area (Å²) in [6, 6.07) is 1.82. The van der Waals surface area contributed by atoms with Crippen molar-refractivity contribution in [2.24, 2.45) is 0 Å². The molecule has 2 aliphatic heterocycles. The summed E-state index contributed by atoms with van der Waals surface area (Å²) in [6.45, 7) is 7.26. The lowest BCUT2D eigenvalue weighted by atomic mass is 9.85. The molecule has 0 radical (unpaired) electrons. The lowest BCUT2D eigenvalue weighted by molar-refractivity contribution is -0.606. The molecule has 2 aliphatic rings. The van der Waals surface area contributed by atoms with Crippen molar-refractivity contribution < 1.29 is 19.0 Å². The molecule has 0 saturated carbocycles. The van der Waals surface area contributed by atoms with Crippen LogP contribution in [0.4, 0.5) is 4.79 Å². The molecule has 120 valence electrons. The SMILES string of the molecule is CC(C)(C)OC(=O)N1CCC2(CC1)OCc1cc[n+]([O-])cc12. The van der Waals surface area contributed by atoms with Crippen molar-refractivity contribution in [1.29, 1.82) is 0 Å². The van der Waals surface area contributed by atoms with E-state index >= 15 is 0 Å². The molecule has 0 atom stereocenters. The van der Waals surface area contributed by atoms with E-state index in [0.717, 1.165) is 15.9 Å². The van der Waals surface area contributed by atoms with Gasteiger partial charge in [-0.1, -0.05) is 0 Å². The highest BCUT2D eigenvalue weighted by Gasteiger charge is 2.45. The molecular formula is C16H22N2O4. The molecule has 1 aromatic rings. The van der Waals surface area contributed by atoms with Crippen LogP contribution in [0.2, 0.25) is 0 Å². The van der Waals surface area contributed by atoms with Gasteiger partial charge in [0.05, 0.1) is 12.2 Å². The number of carbonyl (C=O) groups excluding carboxylic acids is 1. The molecule has 3 heterocycles. The minimum Gasteiger partial charge on any atom is -0.619 e. The van der Waals surface area contributed by atoms with E-state index in [-0.39, 0.29) is 6.09 Å². The topological polar surface area (TPSA) is 65.7 Å². The van der Waals surface area contributed by atoms with E-state index in [9.17, 15) is 10.0 Å². The maximum absolute atomic E-state index is 12.1. The number of hydrogen-bond donors (Lipinski definition) is 0. The van der Waals surface area contributed by atoms with E-state index in [1.54, 1.807) is 11.1 Å². The van der Waals surface area contributed by atoms with Gasteiger partial charge in [0, 0.05) is 19.2 Å². The normalized spacial score (nSPS) is 20.0. The number of nitrogens with zero attached hydrogens (tertiary/aromatic N) is 2. The number of rotatable bonds is 0. The van der Waals surface area contributed by atoms with E-state index in [2.05, 4.69) is 0 Å². The average Bonchev–Trinajstić information content (AvgIpc) is 2.76. The molecule has 0 aromatic carbocycles. The summed E-state index contributed by atoms with van der Waals surface area (Å²) < 4.78 is 12.2. The summed E-state index contributed by atoms with van der Waals surface area (Å²) in [4.78, 5) is 13.8. The van der Waals surface area contributed by atoms with Gasteiger partial charge < -0.3 is 19.6 Å². The lowest BCUT2D eigenvalue weighted by Crippen LogP contribution is -2.47. The van der Waals surface area contributed by atoms with Gasteiger partial charge in [0.15, 0.2) is 12.4 Å². The maximum Gasteiger partial charge on any atom is 0.410 e. The summed E-state index contributed by atoms with van der Waals surface area (Å²) in [5, 5.41) is 11.6. The largest absolute Gasteiger partial charge is 0.619 e.